The Bertz CT molecular complexity index is 836. The van der Waals surface area contributed by atoms with Crippen molar-refractivity contribution in [2.24, 2.45) is 10.2 Å². The molecule has 0 saturated heterocycles. The molecule has 0 radical (unpaired) electrons. The molecule has 0 spiro atoms. The van der Waals surface area contributed by atoms with Gasteiger partial charge in [-0.2, -0.15) is 10.2 Å². The van der Waals surface area contributed by atoms with E-state index >= 15 is 0 Å². The van der Waals surface area contributed by atoms with Crippen molar-refractivity contribution < 1.29 is 9.59 Å². The van der Waals surface area contributed by atoms with Crippen LogP contribution in [0.2, 0.25) is 0 Å². The van der Waals surface area contributed by atoms with Gasteiger partial charge < -0.3 is 0 Å². The number of hydrazone groups is 2. The number of carbonyl (C=O) groups is 2. The first-order valence-corrected chi connectivity index (χ1v) is 10.3. The van der Waals surface area contributed by atoms with Crippen LogP contribution in [0.25, 0.3) is 0 Å². The van der Waals surface area contributed by atoms with Crippen LogP contribution in [-0.4, -0.2) is 23.2 Å². The Hall–Kier alpha value is -3.28. The van der Waals surface area contributed by atoms with Crippen molar-refractivity contribution >= 4 is 23.2 Å². The van der Waals surface area contributed by atoms with Crippen molar-refractivity contribution in [1.29, 1.82) is 0 Å². The average molecular weight is 407 g/mol. The fraction of sp³-hybridized carbons (Fsp3) is 0.333. The minimum Gasteiger partial charge on any atom is -0.273 e. The molecule has 0 atom stereocenters. The summed E-state index contributed by atoms with van der Waals surface area (Å²) in [5.41, 5.74) is 10.8. The molecule has 0 aliphatic carbocycles. The molecule has 0 aromatic heterocycles. The molecule has 30 heavy (non-hydrogen) atoms. The van der Waals surface area contributed by atoms with Gasteiger partial charge in [-0.15, -0.1) is 0 Å². The van der Waals surface area contributed by atoms with Gasteiger partial charge in [-0.05, 0) is 48.9 Å². The molecule has 0 heterocycles. The summed E-state index contributed by atoms with van der Waals surface area (Å²) >= 11 is 0. The van der Waals surface area contributed by atoms with Gasteiger partial charge in [-0.25, -0.2) is 10.9 Å². The van der Waals surface area contributed by atoms with Crippen LogP contribution in [0.1, 0.15) is 62.8 Å². The number of hydrogen-bond donors (Lipinski definition) is 2. The maximum absolute atomic E-state index is 12.0. The van der Waals surface area contributed by atoms with E-state index in [2.05, 4.69) is 34.9 Å². The lowest BCUT2D eigenvalue weighted by molar-refractivity contribution is -0.126. The van der Waals surface area contributed by atoms with Crippen molar-refractivity contribution in [3.8, 4) is 0 Å². The van der Waals surface area contributed by atoms with Gasteiger partial charge in [-0.1, -0.05) is 62.4 Å². The van der Waals surface area contributed by atoms with Gasteiger partial charge in [0.1, 0.15) is 0 Å². The Morgan fingerprint density at radius 2 is 1.00 bits per heavy atom. The van der Waals surface area contributed by atoms with Gasteiger partial charge in [0, 0.05) is 12.8 Å². The maximum Gasteiger partial charge on any atom is 0.240 e. The highest BCUT2D eigenvalue weighted by molar-refractivity contribution is 6.00. The molecular weight excluding hydrogens is 376 g/mol. The number of nitrogens with one attached hydrogen (secondary N) is 2. The van der Waals surface area contributed by atoms with Crippen LogP contribution in [0.4, 0.5) is 0 Å². The lowest BCUT2D eigenvalue weighted by Crippen LogP contribution is -2.24. The summed E-state index contributed by atoms with van der Waals surface area (Å²) in [4.78, 5) is 23.9. The SMILES string of the molecule is CCc1ccc(/C(C)=N/NC(=O)CCC(=O)N/N=C(\C)c2ccc(CC)cc2)cc1. The van der Waals surface area contributed by atoms with Gasteiger partial charge in [0.25, 0.3) is 0 Å². The van der Waals surface area contributed by atoms with Gasteiger partial charge in [0.05, 0.1) is 11.4 Å². The van der Waals surface area contributed by atoms with Crippen molar-refractivity contribution in [2.45, 2.75) is 53.4 Å². The van der Waals surface area contributed by atoms with Crippen LogP contribution >= 0.6 is 0 Å². The number of rotatable bonds is 9. The van der Waals surface area contributed by atoms with E-state index in [1.807, 2.05) is 62.4 Å². The van der Waals surface area contributed by atoms with E-state index in [-0.39, 0.29) is 24.7 Å². The summed E-state index contributed by atoms with van der Waals surface area (Å²) < 4.78 is 0. The van der Waals surface area contributed by atoms with E-state index < -0.39 is 0 Å². The lowest BCUT2D eigenvalue weighted by Gasteiger charge is -2.05. The van der Waals surface area contributed by atoms with E-state index in [0.717, 1.165) is 24.0 Å². The summed E-state index contributed by atoms with van der Waals surface area (Å²) in [7, 11) is 0. The third-order valence-corrected chi connectivity index (χ3v) is 4.84. The first-order valence-electron chi connectivity index (χ1n) is 10.3. The van der Waals surface area contributed by atoms with Crippen LogP contribution in [0.3, 0.4) is 0 Å². The Labute approximate surface area is 178 Å². The largest absolute Gasteiger partial charge is 0.273 e. The number of carbonyl (C=O) groups excluding carboxylic acids is 2. The summed E-state index contributed by atoms with van der Waals surface area (Å²) in [6, 6.07) is 16.1. The molecule has 0 bridgehead atoms. The van der Waals surface area contributed by atoms with E-state index in [1.165, 1.54) is 11.1 Å². The van der Waals surface area contributed by atoms with Crippen molar-refractivity contribution in [3.63, 3.8) is 0 Å². The Morgan fingerprint density at radius 1 is 0.667 bits per heavy atom. The van der Waals surface area contributed by atoms with Gasteiger partial charge >= 0.3 is 0 Å². The molecule has 158 valence electrons. The second-order valence-electron chi connectivity index (χ2n) is 7.07. The van der Waals surface area contributed by atoms with E-state index in [0.29, 0.717) is 11.4 Å². The Morgan fingerprint density at radius 3 is 1.30 bits per heavy atom. The predicted molar refractivity (Wildman–Crippen MR) is 122 cm³/mol. The molecule has 0 aliphatic heterocycles. The fourth-order valence-corrected chi connectivity index (χ4v) is 2.72. The molecule has 6 heteroatoms. The molecule has 2 amide bonds. The minimum absolute atomic E-state index is 0.0388. The highest BCUT2D eigenvalue weighted by Gasteiger charge is 2.07. The minimum atomic E-state index is -0.314. The topological polar surface area (TPSA) is 82.9 Å². The van der Waals surface area contributed by atoms with E-state index in [4.69, 9.17) is 0 Å². The highest BCUT2D eigenvalue weighted by atomic mass is 16.2. The van der Waals surface area contributed by atoms with E-state index in [1.54, 1.807) is 0 Å². The number of benzene rings is 2. The standard InChI is InChI=1S/C24H30N4O2/c1-5-19-7-11-21(12-8-19)17(3)25-27-23(29)15-16-24(30)28-26-18(4)22-13-9-20(6-2)10-14-22/h7-14H,5-6,15-16H2,1-4H3,(H,27,29)(H,28,30)/b25-17+,26-18+. The first kappa shape index (κ1) is 23.0. The quantitative estimate of drug-likeness (QED) is 0.488. The molecule has 0 fully saturated rings. The van der Waals surface area contributed by atoms with E-state index in [9.17, 15) is 9.59 Å². The summed E-state index contributed by atoms with van der Waals surface area (Å²) in [5, 5.41) is 8.23. The van der Waals surface area contributed by atoms with Crippen molar-refractivity contribution in [2.75, 3.05) is 0 Å². The third kappa shape index (κ3) is 7.28. The number of hydrogen-bond acceptors (Lipinski definition) is 4. The zero-order valence-corrected chi connectivity index (χ0v) is 18.2. The summed E-state index contributed by atoms with van der Waals surface area (Å²) in [6.45, 7) is 7.86. The fourth-order valence-electron chi connectivity index (χ4n) is 2.72. The van der Waals surface area contributed by atoms with Crippen LogP contribution in [0.5, 0.6) is 0 Å². The number of aryl methyl sites for hydroxylation is 2. The maximum atomic E-state index is 12.0. The van der Waals surface area contributed by atoms with Crippen LogP contribution in [0.15, 0.2) is 58.7 Å². The molecule has 0 unspecified atom stereocenters. The monoisotopic (exact) mass is 406 g/mol. The first-order chi connectivity index (χ1) is 14.4. The average Bonchev–Trinajstić information content (AvgIpc) is 2.79. The number of amides is 2. The Kier molecular flexibility index (Phi) is 8.94. The molecule has 6 nitrogen and oxygen atoms in total. The molecule has 0 saturated carbocycles. The lowest BCUT2D eigenvalue weighted by atomic mass is 10.1. The highest BCUT2D eigenvalue weighted by Crippen LogP contribution is 2.07. The molecule has 2 N–H and O–H groups in total. The van der Waals surface area contributed by atoms with Gasteiger partial charge in [0.2, 0.25) is 11.8 Å². The van der Waals surface area contributed by atoms with Crippen molar-refractivity contribution in [1.82, 2.24) is 10.9 Å². The van der Waals surface area contributed by atoms with Crippen LogP contribution in [-0.2, 0) is 22.4 Å². The number of nitrogens with zero attached hydrogens (tertiary/aromatic N) is 2. The van der Waals surface area contributed by atoms with Crippen LogP contribution in [0, 0.1) is 0 Å². The second kappa shape index (κ2) is 11.7. The smallest absolute Gasteiger partial charge is 0.240 e. The summed E-state index contributed by atoms with van der Waals surface area (Å²) in [6.07, 6.45) is 2.03. The zero-order chi connectivity index (χ0) is 21.9. The normalized spacial score (nSPS) is 11.9. The molecular formula is C24H30N4O2. The Balaban J connectivity index is 1.78. The van der Waals surface area contributed by atoms with Crippen LogP contribution < -0.4 is 10.9 Å². The second-order valence-corrected chi connectivity index (χ2v) is 7.07. The predicted octanol–water partition coefficient (Wildman–Crippen LogP) is 3.97. The molecule has 2 aromatic carbocycles. The molecule has 0 aliphatic rings. The molecule has 2 rings (SSSR count). The third-order valence-electron chi connectivity index (χ3n) is 4.84. The van der Waals surface area contributed by atoms with Crippen molar-refractivity contribution in [3.05, 3.63) is 70.8 Å². The zero-order valence-electron chi connectivity index (χ0n) is 18.2. The molecule has 2 aromatic rings. The summed E-state index contributed by atoms with van der Waals surface area (Å²) in [5.74, 6) is -0.629. The van der Waals surface area contributed by atoms with Gasteiger partial charge in [0.15, 0.2) is 0 Å². The van der Waals surface area contributed by atoms with Gasteiger partial charge in [-0.3, -0.25) is 9.59 Å².